The lowest BCUT2D eigenvalue weighted by Crippen LogP contribution is -2.23. The van der Waals surface area contributed by atoms with Crippen LogP contribution in [0.15, 0.2) is 48.5 Å². The van der Waals surface area contributed by atoms with Gasteiger partial charge in [-0.3, -0.25) is 9.89 Å². The van der Waals surface area contributed by atoms with Gasteiger partial charge in [-0.1, -0.05) is 24.3 Å². The number of nitrogens with one attached hydrogen (secondary N) is 2. The first-order valence-electron chi connectivity index (χ1n) is 7.24. The molecule has 0 bridgehead atoms. The second kappa shape index (κ2) is 6.31. The summed E-state index contributed by atoms with van der Waals surface area (Å²) in [5.41, 5.74) is 8.86. The molecule has 0 aliphatic carbocycles. The average Bonchev–Trinajstić information content (AvgIpc) is 3.02. The number of nitrogens with zero attached hydrogens (tertiary/aromatic N) is 2. The molecule has 1 aromatic heterocycles. The number of amides is 1. The van der Waals surface area contributed by atoms with Crippen molar-refractivity contribution in [3.8, 4) is 11.4 Å². The fourth-order valence-corrected chi connectivity index (χ4v) is 2.22. The van der Waals surface area contributed by atoms with Crippen LogP contribution in [0, 0.1) is 6.92 Å². The number of carbonyl (C=O) groups excluding carboxylic acids is 1. The van der Waals surface area contributed by atoms with Crippen LogP contribution in [0.2, 0.25) is 0 Å². The summed E-state index contributed by atoms with van der Waals surface area (Å²) in [7, 11) is 0. The standard InChI is InChI=1S/C17H17N5O/c1-11-4-2-3-5-14(11)16-20-15(21-22-16)10-19-17(23)12-6-8-13(18)9-7-12/h2-9H,10,18H2,1H3,(H,19,23)(H,20,21,22). The van der Waals surface area contributed by atoms with Crippen LogP contribution in [-0.2, 0) is 6.54 Å². The normalized spacial score (nSPS) is 10.5. The van der Waals surface area contributed by atoms with Crippen LogP contribution in [-0.4, -0.2) is 21.1 Å². The van der Waals surface area contributed by atoms with Crippen molar-refractivity contribution >= 4 is 11.6 Å². The zero-order valence-electron chi connectivity index (χ0n) is 12.7. The molecule has 0 unspecified atom stereocenters. The molecule has 116 valence electrons. The molecular weight excluding hydrogens is 290 g/mol. The van der Waals surface area contributed by atoms with Crippen LogP contribution in [0.25, 0.3) is 11.4 Å². The van der Waals surface area contributed by atoms with E-state index in [1.807, 2.05) is 31.2 Å². The molecule has 6 heteroatoms. The summed E-state index contributed by atoms with van der Waals surface area (Å²) in [4.78, 5) is 16.5. The molecule has 1 heterocycles. The zero-order valence-corrected chi connectivity index (χ0v) is 12.7. The van der Waals surface area contributed by atoms with Crippen LogP contribution in [0.4, 0.5) is 5.69 Å². The highest BCUT2D eigenvalue weighted by atomic mass is 16.1. The first kappa shape index (κ1) is 14.8. The highest BCUT2D eigenvalue weighted by Gasteiger charge is 2.10. The Bertz CT molecular complexity index is 823. The van der Waals surface area contributed by atoms with E-state index in [9.17, 15) is 4.79 Å². The van der Waals surface area contributed by atoms with Gasteiger partial charge in [0.05, 0.1) is 6.54 Å². The number of anilines is 1. The molecule has 0 aliphatic rings. The quantitative estimate of drug-likeness (QED) is 0.644. The van der Waals surface area contributed by atoms with Crippen LogP contribution >= 0.6 is 0 Å². The van der Waals surface area contributed by atoms with Gasteiger partial charge in [0.15, 0.2) is 5.82 Å². The molecule has 2 aromatic carbocycles. The number of carbonyl (C=O) groups is 1. The van der Waals surface area contributed by atoms with Crippen molar-refractivity contribution in [3.05, 3.63) is 65.5 Å². The van der Waals surface area contributed by atoms with E-state index in [0.29, 0.717) is 22.9 Å². The maximum absolute atomic E-state index is 12.0. The third-order valence-electron chi connectivity index (χ3n) is 3.51. The summed E-state index contributed by atoms with van der Waals surface area (Å²) < 4.78 is 0. The Morgan fingerprint density at radius 3 is 2.65 bits per heavy atom. The lowest BCUT2D eigenvalue weighted by Gasteiger charge is -2.03. The molecule has 6 nitrogen and oxygen atoms in total. The molecule has 23 heavy (non-hydrogen) atoms. The largest absolute Gasteiger partial charge is 0.399 e. The van der Waals surface area contributed by atoms with Crippen molar-refractivity contribution in [1.29, 1.82) is 0 Å². The minimum atomic E-state index is -0.182. The second-order valence-corrected chi connectivity index (χ2v) is 5.23. The van der Waals surface area contributed by atoms with Gasteiger partial charge in [-0.25, -0.2) is 4.98 Å². The van der Waals surface area contributed by atoms with Gasteiger partial charge >= 0.3 is 0 Å². The molecule has 4 N–H and O–H groups in total. The van der Waals surface area contributed by atoms with Crippen molar-refractivity contribution < 1.29 is 4.79 Å². The van der Waals surface area contributed by atoms with Gasteiger partial charge in [0.1, 0.15) is 5.82 Å². The lowest BCUT2D eigenvalue weighted by atomic mass is 10.1. The highest BCUT2D eigenvalue weighted by Crippen LogP contribution is 2.18. The predicted octanol–water partition coefficient (Wildman–Crippen LogP) is 2.29. The van der Waals surface area contributed by atoms with Crippen LogP contribution in [0.3, 0.4) is 0 Å². The minimum absolute atomic E-state index is 0.182. The summed E-state index contributed by atoms with van der Waals surface area (Å²) in [6.07, 6.45) is 0. The maximum atomic E-state index is 12.0. The van der Waals surface area contributed by atoms with Crippen molar-refractivity contribution in [3.63, 3.8) is 0 Å². The van der Waals surface area contributed by atoms with E-state index in [1.54, 1.807) is 24.3 Å². The topological polar surface area (TPSA) is 96.7 Å². The molecule has 0 aliphatic heterocycles. The number of nitrogens with two attached hydrogens (primary N) is 1. The Labute approximate surface area is 133 Å². The van der Waals surface area contributed by atoms with Crippen LogP contribution < -0.4 is 11.1 Å². The van der Waals surface area contributed by atoms with Gasteiger partial charge in [0, 0.05) is 16.8 Å². The number of hydrogen-bond acceptors (Lipinski definition) is 4. The van der Waals surface area contributed by atoms with Gasteiger partial charge in [-0.2, -0.15) is 5.10 Å². The number of aromatic nitrogens is 3. The third kappa shape index (κ3) is 3.37. The predicted molar refractivity (Wildman–Crippen MR) is 88.6 cm³/mol. The smallest absolute Gasteiger partial charge is 0.251 e. The number of aromatic amines is 1. The fraction of sp³-hybridized carbons (Fsp3) is 0.118. The van der Waals surface area contributed by atoms with Crippen molar-refractivity contribution in [2.75, 3.05) is 5.73 Å². The van der Waals surface area contributed by atoms with Crippen molar-refractivity contribution in [2.24, 2.45) is 0 Å². The SMILES string of the molecule is Cc1ccccc1-c1n[nH]c(CNC(=O)c2ccc(N)cc2)n1. The summed E-state index contributed by atoms with van der Waals surface area (Å²) in [5.74, 6) is 1.05. The Morgan fingerprint density at radius 2 is 1.91 bits per heavy atom. The average molecular weight is 307 g/mol. The Morgan fingerprint density at radius 1 is 1.17 bits per heavy atom. The van der Waals surface area contributed by atoms with E-state index >= 15 is 0 Å². The molecular formula is C17H17N5O. The van der Waals surface area contributed by atoms with E-state index in [1.165, 1.54) is 0 Å². The first-order valence-corrected chi connectivity index (χ1v) is 7.24. The number of aryl methyl sites for hydroxylation is 1. The lowest BCUT2D eigenvalue weighted by molar-refractivity contribution is 0.0950. The molecule has 0 radical (unpaired) electrons. The molecule has 0 saturated heterocycles. The van der Waals surface area contributed by atoms with Gasteiger partial charge < -0.3 is 11.1 Å². The second-order valence-electron chi connectivity index (χ2n) is 5.23. The Kier molecular flexibility index (Phi) is 4.05. The van der Waals surface area contributed by atoms with Gasteiger partial charge in [-0.15, -0.1) is 0 Å². The molecule has 0 atom stereocenters. The highest BCUT2D eigenvalue weighted by molar-refractivity contribution is 5.94. The number of H-pyrrole nitrogens is 1. The monoisotopic (exact) mass is 307 g/mol. The fourth-order valence-electron chi connectivity index (χ4n) is 2.22. The van der Waals surface area contributed by atoms with Gasteiger partial charge in [0.2, 0.25) is 0 Å². The Balaban J connectivity index is 1.67. The Hall–Kier alpha value is -3.15. The summed E-state index contributed by atoms with van der Waals surface area (Å²) in [5, 5.41) is 9.86. The van der Waals surface area contributed by atoms with Crippen LogP contribution in [0.1, 0.15) is 21.7 Å². The van der Waals surface area contributed by atoms with Gasteiger partial charge in [0.25, 0.3) is 5.91 Å². The maximum Gasteiger partial charge on any atom is 0.251 e. The molecule has 3 aromatic rings. The molecule has 3 rings (SSSR count). The molecule has 1 amide bonds. The summed E-state index contributed by atoms with van der Waals surface area (Å²) in [6.45, 7) is 2.29. The van der Waals surface area contributed by atoms with Gasteiger partial charge in [-0.05, 0) is 36.8 Å². The van der Waals surface area contributed by atoms with E-state index in [-0.39, 0.29) is 12.5 Å². The van der Waals surface area contributed by atoms with E-state index < -0.39 is 0 Å². The van der Waals surface area contributed by atoms with E-state index in [4.69, 9.17) is 5.73 Å². The number of nitrogen functional groups attached to an aromatic ring is 1. The molecule has 0 fully saturated rings. The third-order valence-corrected chi connectivity index (χ3v) is 3.51. The zero-order chi connectivity index (χ0) is 16.2. The molecule has 0 saturated carbocycles. The number of rotatable bonds is 4. The summed E-state index contributed by atoms with van der Waals surface area (Å²) >= 11 is 0. The van der Waals surface area contributed by atoms with E-state index in [0.717, 1.165) is 11.1 Å². The molecule has 0 spiro atoms. The summed E-state index contributed by atoms with van der Waals surface area (Å²) in [6, 6.07) is 14.6. The van der Waals surface area contributed by atoms with Crippen molar-refractivity contribution in [2.45, 2.75) is 13.5 Å². The minimum Gasteiger partial charge on any atom is -0.399 e. The van der Waals surface area contributed by atoms with Crippen molar-refractivity contribution in [1.82, 2.24) is 20.5 Å². The van der Waals surface area contributed by atoms with E-state index in [2.05, 4.69) is 20.5 Å². The van der Waals surface area contributed by atoms with Crippen LogP contribution in [0.5, 0.6) is 0 Å². The number of benzene rings is 2. The number of hydrogen-bond donors (Lipinski definition) is 3. The first-order chi connectivity index (χ1) is 11.1.